The van der Waals surface area contributed by atoms with Crippen molar-refractivity contribution in [3.63, 3.8) is 0 Å². The summed E-state index contributed by atoms with van der Waals surface area (Å²) in [7, 11) is 1.64. The number of carbonyl (C=O) groups excluding carboxylic acids is 1. The highest BCUT2D eigenvalue weighted by atomic mass is 32.2. The molecular formula is C18H23N3O3S. The Morgan fingerprint density at radius 3 is 3.12 bits per heavy atom. The Bertz CT molecular complexity index is 747. The van der Waals surface area contributed by atoms with Gasteiger partial charge >= 0.3 is 0 Å². The summed E-state index contributed by atoms with van der Waals surface area (Å²) < 4.78 is 5.26. The number of aliphatic hydroxyl groups excluding tert-OH is 1. The van der Waals surface area contributed by atoms with E-state index in [0.29, 0.717) is 25.9 Å². The van der Waals surface area contributed by atoms with Crippen LogP contribution in [0.5, 0.6) is 5.75 Å². The first-order chi connectivity index (χ1) is 12.1. The zero-order valence-corrected chi connectivity index (χ0v) is 15.3. The minimum atomic E-state index is -0.922. The number of aromatic amines is 1. The first-order valence-corrected chi connectivity index (χ1v) is 9.69. The normalized spacial score (nSPS) is 14.9. The topological polar surface area (TPSA) is 78.5 Å². The van der Waals surface area contributed by atoms with Crippen molar-refractivity contribution in [2.75, 3.05) is 25.7 Å². The summed E-state index contributed by atoms with van der Waals surface area (Å²) >= 11 is 1.63. The summed E-state index contributed by atoms with van der Waals surface area (Å²) in [5.41, 5.74) is 2.88. The largest absolute Gasteiger partial charge is 0.497 e. The molecule has 1 aliphatic rings. The molecule has 0 bridgehead atoms. The third-order valence-electron chi connectivity index (χ3n) is 4.37. The van der Waals surface area contributed by atoms with Gasteiger partial charge in [0.2, 0.25) is 0 Å². The number of benzene rings is 1. The van der Waals surface area contributed by atoms with Crippen LogP contribution in [-0.4, -0.2) is 57.6 Å². The molecule has 0 aliphatic carbocycles. The van der Waals surface area contributed by atoms with Gasteiger partial charge in [-0.1, -0.05) is 12.1 Å². The monoisotopic (exact) mass is 361 g/mol. The molecule has 0 spiro atoms. The quantitative estimate of drug-likeness (QED) is 0.824. The lowest BCUT2D eigenvalue weighted by Gasteiger charge is -2.28. The number of nitrogens with one attached hydrogen (secondary N) is 1. The van der Waals surface area contributed by atoms with E-state index in [2.05, 4.69) is 9.97 Å². The van der Waals surface area contributed by atoms with Gasteiger partial charge in [-0.3, -0.25) is 4.79 Å². The van der Waals surface area contributed by atoms with Gasteiger partial charge in [0.25, 0.3) is 5.91 Å². The Labute approximate surface area is 151 Å². The van der Waals surface area contributed by atoms with Gasteiger partial charge in [0, 0.05) is 18.5 Å². The van der Waals surface area contributed by atoms with Gasteiger partial charge in [-0.25, -0.2) is 4.98 Å². The number of H-pyrrole nitrogens is 1. The number of ether oxygens (including phenoxy) is 1. The van der Waals surface area contributed by atoms with E-state index in [9.17, 15) is 9.90 Å². The number of carbonyl (C=O) groups is 1. The van der Waals surface area contributed by atoms with E-state index in [1.165, 1.54) is 0 Å². The van der Waals surface area contributed by atoms with E-state index in [1.807, 2.05) is 30.5 Å². The van der Waals surface area contributed by atoms with Gasteiger partial charge in [-0.2, -0.15) is 11.8 Å². The number of amides is 1. The van der Waals surface area contributed by atoms with Gasteiger partial charge in [0.1, 0.15) is 17.7 Å². The van der Waals surface area contributed by atoms with Crippen molar-refractivity contribution >= 4 is 17.7 Å². The van der Waals surface area contributed by atoms with E-state index < -0.39 is 6.10 Å². The average Bonchev–Trinajstić information content (AvgIpc) is 3.08. The predicted octanol–water partition coefficient (Wildman–Crippen LogP) is 2.08. The highest BCUT2D eigenvalue weighted by Gasteiger charge is 2.27. The molecule has 1 atom stereocenters. The van der Waals surface area contributed by atoms with Crippen LogP contribution >= 0.6 is 11.8 Å². The van der Waals surface area contributed by atoms with Gasteiger partial charge in [-0.05, 0) is 30.6 Å². The summed E-state index contributed by atoms with van der Waals surface area (Å²) in [4.78, 5) is 22.1. The van der Waals surface area contributed by atoms with Crippen LogP contribution in [0.3, 0.4) is 0 Å². The number of fused-ring (bicyclic) bond motifs is 1. The lowest BCUT2D eigenvalue weighted by Crippen LogP contribution is -2.42. The van der Waals surface area contributed by atoms with Crippen molar-refractivity contribution < 1.29 is 14.6 Å². The molecule has 0 radical (unpaired) electrons. The second kappa shape index (κ2) is 7.93. The molecule has 1 aromatic heterocycles. The fourth-order valence-electron chi connectivity index (χ4n) is 2.95. The number of nitrogens with zero attached hydrogens (tertiary/aromatic N) is 2. The SMILES string of the molecule is COc1cccc(-c2nc3c([nH]2)CN(C(=O)[C@@H](O)CCSC)CC3)c1. The minimum Gasteiger partial charge on any atom is -0.497 e. The van der Waals surface area contributed by atoms with Crippen molar-refractivity contribution in [1.29, 1.82) is 0 Å². The molecule has 7 heteroatoms. The number of aromatic nitrogens is 2. The second-order valence-corrected chi connectivity index (χ2v) is 7.04. The highest BCUT2D eigenvalue weighted by molar-refractivity contribution is 7.98. The highest BCUT2D eigenvalue weighted by Crippen LogP contribution is 2.25. The van der Waals surface area contributed by atoms with Gasteiger partial charge < -0.3 is 19.7 Å². The molecule has 3 rings (SSSR count). The maximum Gasteiger partial charge on any atom is 0.251 e. The first kappa shape index (κ1) is 17.8. The van der Waals surface area contributed by atoms with Crippen molar-refractivity contribution in [1.82, 2.24) is 14.9 Å². The van der Waals surface area contributed by atoms with Crippen LogP contribution in [0, 0.1) is 0 Å². The zero-order valence-electron chi connectivity index (χ0n) is 14.5. The van der Waals surface area contributed by atoms with E-state index in [-0.39, 0.29) is 5.91 Å². The number of rotatable bonds is 6. The Morgan fingerprint density at radius 2 is 2.36 bits per heavy atom. The zero-order chi connectivity index (χ0) is 17.8. The van der Waals surface area contributed by atoms with Crippen molar-refractivity contribution in [3.05, 3.63) is 35.7 Å². The van der Waals surface area contributed by atoms with Crippen LogP contribution in [0.15, 0.2) is 24.3 Å². The Morgan fingerprint density at radius 1 is 1.52 bits per heavy atom. The molecule has 2 N–H and O–H groups in total. The van der Waals surface area contributed by atoms with Crippen LogP contribution in [0.1, 0.15) is 17.8 Å². The van der Waals surface area contributed by atoms with Crippen LogP contribution in [-0.2, 0) is 17.8 Å². The van der Waals surface area contributed by atoms with Crippen LogP contribution in [0.2, 0.25) is 0 Å². The first-order valence-electron chi connectivity index (χ1n) is 8.30. The van der Waals surface area contributed by atoms with E-state index in [0.717, 1.165) is 34.3 Å². The molecule has 2 aromatic rings. The maximum atomic E-state index is 12.4. The van der Waals surface area contributed by atoms with Gasteiger partial charge in [0.05, 0.1) is 25.0 Å². The molecule has 134 valence electrons. The summed E-state index contributed by atoms with van der Waals surface area (Å²) in [6, 6.07) is 7.72. The summed E-state index contributed by atoms with van der Waals surface area (Å²) in [6.45, 7) is 1.05. The smallest absolute Gasteiger partial charge is 0.251 e. The Hall–Kier alpha value is -1.99. The van der Waals surface area contributed by atoms with Crippen molar-refractivity contribution in [2.45, 2.75) is 25.5 Å². The van der Waals surface area contributed by atoms with Gasteiger partial charge in [0.15, 0.2) is 0 Å². The molecule has 0 fully saturated rings. The van der Waals surface area contributed by atoms with E-state index in [4.69, 9.17) is 4.74 Å². The van der Waals surface area contributed by atoms with E-state index in [1.54, 1.807) is 23.8 Å². The third-order valence-corrected chi connectivity index (χ3v) is 5.01. The lowest BCUT2D eigenvalue weighted by atomic mass is 10.1. The number of hydrogen-bond acceptors (Lipinski definition) is 5. The molecule has 25 heavy (non-hydrogen) atoms. The molecule has 1 aromatic carbocycles. The molecule has 0 unspecified atom stereocenters. The average molecular weight is 361 g/mol. The number of methoxy groups -OCH3 is 1. The molecule has 6 nitrogen and oxygen atoms in total. The molecule has 2 heterocycles. The van der Waals surface area contributed by atoms with Crippen molar-refractivity contribution in [2.24, 2.45) is 0 Å². The van der Waals surface area contributed by atoms with E-state index >= 15 is 0 Å². The second-order valence-electron chi connectivity index (χ2n) is 6.05. The summed E-state index contributed by atoms with van der Waals surface area (Å²) in [5.74, 6) is 2.13. The molecule has 0 saturated carbocycles. The minimum absolute atomic E-state index is 0.197. The Balaban J connectivity index is 1.74. The molecule has 0 saturated heterocycles. The van der Waals surface area contributed by atoms with Crippen LogP contribution < -0.4 is 4.74 Å². The van der Waals surface area contributed by atoms with Crippen LogP contribution in [0.25, 0.3) is 11.4 Å². The number of thioether (sulfide) groups is 1. The molecule has 1 amide bonds. The summed E-state index contributed by atoms with van der Waals surface area (Å²) in [5, 5.41) is 10.0. The Kier molecular flexibility index (Phi) is 5.65. The molecule has 1 aliphatic heterocycles. The van der Waals surface area contributed by atoms with Crippen LogP contribution in [0.4, 0.5) is 0 Å². The number of hydrogen-bond donors (Lipinski definition) is 2. The third kappa shape index (κ3) is 3.99. The number of imidazole rings is 1. The fourth-order valence-corrected chi connectivity index (χ4v) is 3.41. The fraction of sp³-hybridized carbons (Fsp3) is 0.444. The summed E-state index contributed by atoms with van der Waals surface area (Å²) in [6.07, 6.45) is 2.22. The molecular weight excluding hydrogens is 338 g/mol. The lowest BCUT2D eigenvalue weighted by molar-refractivity contribution is -0.141. The number of aliphatic hydroxyl groups is 1. The standard InChI is InChI=1S/C18H23N3O3S/c1-24-13-5-3-4-12(10-13)17-19-14-6-8-21(11-15(14)20-17)18(23)16(22)7-9-25-2/h3-5,10,16,22H,6-9,11H2,1-2H3,(H,19,20)/t16-/m0/s1. The maximum absolute atomic E-state index is 12.4. The van der Waals surface area contributed by atoms with Gasteiger partial charge in [-0.15, -0.1) is 0 Å². The van der Waals surface area contributed by atoms with Crippen molar-refractivity contribution in [3.8, 4) is 17.1 Å². The predicted molar refractivity (Wildman–Crippen MR) is 98.7 cm³/mol.